The summed E-state index contributed by atoms with van der Waals surface area (Å²) >= 11 is 6.04. The minimum atomic E-state index is -4.23. The first-order valence-electron chi connectivity index (χ1n) is 10.5. The van der Waals surface area contributed by atoms with E-state index in [1.807, 2.05) is 4.98 Å². The zero-order valence-corrected chi connectivity index (χ0v) is 19.7. The first-order chi connectivity index (χ1) is 17.2. The van der Waals surface area contributed by atoms with Crippen LogP contribution in [-0.2, 0) is 32.3 Å². The van der Waals surface area contributed by atoms with E-state index in [9.17, 15) is 24.5 Å². The first kappa shape index (κ1) is 24.5. The number of phosphoric ester groups is 1. The number of hydrogen-bond acceptors (Lipinski definition) is 11. The number of benzene rings is 1. The number of aromatic nitrogens is 2. The van der Waals surface area contributed by atoms with Crippen molar-refractivity contribution < 1.29 is 37.1 Å². The predicted molar refractivity (Wildman–Crippen MR) is 118 cm³/mol. The molecule has 2 aromatic rings. The monoisotopic (exact) mass is 541 g/mol. The van der Waals surface area contributed by atoms with Gasteiger partial charge in [0.2, 0.25) is 5.72 Å². The van der Waals surface area contributed by atoms with Gasteiger partial charge in [0.05, 0.1) is 19.3 Å². The maximum Gasteiger partial charge on any atom is 0.509 e. The van der Waals surface area contributed by atoms with Crippen LogP contribution in [0.4, 0.5) is 4.79 Å². The summed E-state index contributed by atoms with van der Waals surface area (Å²) in [5.74, 6) is 0. The number of H-pyrrole nitrogens is 1. The number of halogens is 1. The van der Waals surface area contributed by atoms with Crippen LogP contribution in [0.2, 0.25) is 5.02 Å². The second kappa shape index (κ2) is 9.37. The van der Waals surface area contributed by atoms with Gasteiger partial charge in [0.15, 0.2) is 18.4 Å². The molecule has 1 aromatic heterocycles. The van der Waals surface area contributed by atoms with Crippen LogP contribution in [0.25, 0.3) is 10.4 Å². The number of aromatic amines is 1. The number of ether oxygens (including phenoxy) is 3. The standard InChI is InChI=1S/C19H17ClN5O10P/c20-11-3-1-2-10(8-11)12-5-7-30-36(29,35-12)31-9-19(23-24-21)15-14(32-18(28)33-15)16(34-19)25-6-4-13(26)22-17(25)27/h1-4,6,8,12,14-16H,5,7,9H2,(H,22,26,27)/t12-,14+,15-,16+,19+,36?/m0/s1. The number of hydrogen-bond donors (Lipinski definition) is 1. The van der Waals surface area contributed by atoms with Crippen LogP contribution in [-0.4, -0.2) is 46.9 Å². The summed E-state index contributed by atoms with van der Waals surface area (Å²) in [4.78, 5) is 40.5. The minimum Gasteiger partial charge on any atom is -0.423 e. The fourth-order valence-electron chi connectivity index (χ4n) is 4.10. The van der Waals surface area contributed by atoms with E-state index < -0.39 is 62.1 Å². The van der Waals surface area contributed by atoms with Crippen molar-refractivity contribution in [2.75, 3.05) is 13.2 Å². The van der Waals surface area contributed by atoms with E-state index in [-0.39, 0.29) is 6.61 Å². The molecule has 0 saturated carbocycles. The maximum absolute atomic E-state index is 13.3. The van der Waals surface area contributed by atoms with Crippen molar-refractivity contribution >= 4 is 25.6 Å². The molecule has 0 radical (unpaired) electrons. The SMILES string of the molecule is [N-]=[N+]=N[C@]1(COP2(=O)OCC[C@@H](c3cccc(Cl)c3)O2)O[C@@H](n2ccc(=O)[nH]c2=O)[C@@H]2OC(=O)O[C@@H]21. The van der Waals surface area contributed by atoms with Crippen molar-refractivity contribution in [2.24, 2.45) is 5.11 Å². The summed E-state index contributed by atoms with van der Waals surface area (Å²) in [5.41, 5.74) is 6.19. The Hall–Kier alpha value is -3.16. The van der Waals surface area contributed by atoms with E-state index in [1.165, 1.54) is 0 Å². The quantitative estimate of drug-likeness (QED) is 0.187. The summed E-state index contributed by atoms with van der Waals surface area (Å²) in [7, 11) is -4.23. The van der Waals surface area contributed by atoms with Crippen molar-refractivity contribution in [1.29, 1.82) is 0 Å². The lowest BCUT2D eigenvalue weighted by Crippen LogP contribution is -2.44. The van der Waals surface area contributed by atoms with Gasteiger partial charge in [-0.15, -0.1) is 0 Å². The van der Waals surface area contributed by atoms with E-state index in [1.54, 1.807) is 24.3 Å². The highest BCUT2D eigenvalue weighted by molar-refractivity contribution is 7.48. The molecule has 1 N–H and O–H groups in total. The number of azide groups is 1. The van der Waals surface area contributed by atoms with E-state index in [0.717, 1.165) is 16.8 Å². The zero-order chi connectivity index (χ0) is 25.5. The summed E-state index contributed by atoms with van der Waals surface area (Å²) in [5, 5.41) is 4.05. The maximum atomic E-state index is 13.3. The zero-order valence-electron chi connectivity index (χ0n) is 18.1. The van der Waals surface area contributed by atoms with Gasteiger partial charge >= 0.3 is 19.7 Å². The molecule has 190 valence electrons. The fourth-order valence-corrected chi connectivity index (χ4v) is 5.71. The van der Waals surface area contributed by atoms with Crippen LogP contribution in [0.15, 0.2) is 51.2 Å². The molecule has 3 aliphatic heterocycles. The third kappa shape index (κ3) is 4.53. The number of nitrogens with zero attached hydrogens (tertiary/aromatic N) is 4. The molecule has 1 aromatic carbocycles. The number of nitrogens with one attached hydrogen (secondary N) is 1. The number of phosphoric acid groups is 1. The number of carbonyl (C=O) groups excluding carboxylic acids is 1. The Morgan fingerprint density at radius 1 is 1.31 bits per heavy atom. The summed E-state index contributed by atoms with van der Waals surface area (Å²) in [6.07, 6.45) is -4.38. The van der Waals surface area contributed by atoms with Crippen molar-refractivity contribution in [3.05, 3.63) is 78.4 Å². The van der Waals surface area contributed by atoms with Crippen molar-refractivity contribution in [1.82, 2.24) is 9.55 Å². The smallest absolute Gasteiger partial charge is 0.423 e. The van der Waals surface area contributed by atoms with Crippen LogP contribution in [0.1, 0.15) is 24.3 Å². The molecular formula is C19H17ClN5O10P. The van der Waals surface area contributed by atoms with Gasteiger partial charge in [0.1, 0.15) is 0 Å². The fraction of sp³-hybridized carbons (Fsp3) is 0.421. The Kier molecular flexibility index (Phi) is 6.39. The molecule has 17 heteroatoms. The molecule has 0 spiro atoms. The van der Waals surface area contributed by atoms with Crippen molar-refractivity contribution in [3.8, 4) is 0 Å². The topological polar surface area (TPSA) is 193 Å². The van der Waals surface area contributed by atoms with Crippen molar-refractivity contribution in [2.45, 2.75) is 36.7 Å². The Morgan fingerprint density at radius 3 is 2.89 bits per heavy atom. The van der Waals surface area contributed by atoms with Gasteiger partial charge in [-0.2, -0.15) is 0 Å². The highest BCUT2D eigenvalue weighted by atomic mass is 35.5. The van der Waals surface area contributed by atoms with E-state index in [2.05, 4.69) is 10.0 Å². The Bertz CT molecular complexity index is 1410. The van der Waals surface area contributed by atoms with Gasteiger partial charge in [-0.05, 0) is 23.2 Å². The molecule has 0 aliphatic carbocycles. The first-order valence-corrected chi connectivity index (χ1v) is 12.3. The van der Waals surface area contributed by atoms with Crippen LogP contribution < -0.4 is 11.2 Å². The average Bonchev–Trinajstić information content (AvgIpc) is 3.35. The summed E-state index contributed by atoms with van der Waals surface area (Å²) < 4.78 is 46.6. The number of carbonyl (C=O) groups is 1. The lowest BCUT2D eigenvalue weighted by Gasteiger charge is -2.32. The van der Waals surface area contributed by atoms with Gasteiger partial charge in [-0.1, -0.05) is 28.8 Å². The van der Waals surface area contributed by atoms with Gasteiger partial charge in [-0.25, -0.2) is 14.2 Å². The summed E-state index contributed by atoms with van der Waals surface area (Å²) in [6.45, 7) is -0.744. The molecule has 3 fully saturated rings. The number of fused-ring (bicyclic) bond motifs is 1. The van der Waals surface area contributed by atoms with Gasteiger partial charge in [0, 0.05) is 28.6 Å². The highest BCUT2D eigenvalue weighted by Crippen LogP contribution is 2.58. The molecule has 6 atom stereocenters. The third-order valence-electron chi connectivity index (χ3n) is 5.68. The highest BCUT2D eigenvalue weighted by Gasteiger charge is 2.64. The van der Waals surface area contributed by atoms with Crippen LogP contribution in [0, 0.1) is 0 Å². The van der Waals surface area contributed by atoms with Crippen LogP contribution in [0.3, 0.4) is 0 Å². The second-order valence-electron chi connectivity index (χ2n) is 7.92. The minimum absolute atomic E-state index is 0.0172. The molecule has 4 heterocycles. The molecule has 1 unspecified atom stereocenters. The Balaban J connectivity index is 1.41. The lowest BCUT2D eigenvalue weighted by molar-refractivity contribution is -0.137. The Labute approximate surface area is 206 Å². The second-order valence-corrected chi connectivity index (χ2v) is 9.98. The third-order valence-corrected chi connectivity index (χ3v) is 7.37. The summed E-state index contributed by atoms with van der Waals surface area (Å²) in [6, 6.07) is 7.81. The molecular weight excluding hydrogens is 525 g/mol. The predicted octanol–water partition coefficient (Wildman–Crippen LogP) is 2.93. The normalized spacial score (nSPS) is 33.3. The molecule has 15 nitrogen and oxygen atoms in total. The molecule has 0 bridgehead atoms. The van der Waals surface area contributed by atoms with E-state index >= 15 is 0 Å². The van der Waals surface area contributed by atoms with Crippen LogP contribution in [0.5, 0.6) is 0 Å². The van der Waals surface area contributed by atoms with E-state index in [0.29, 0.717) is 17.0 Å². The van der Waals surface area contributed by atoms with Gasteiger partial charge < -0.3 is 14.2 Å². The molecule has 3 saturated heterocycles. The van der Waals surface area contributed by atoms with Gasteiger partial charge in [-0.3, -0.25) is 27.9 Å². The lowest BCUT2D eigenvalue weighted by atomic mass is 10.1. The molecule has 3 aliphatic rings. The Morgan fingerprint density at radius 2 is 2.14 bits per heavy atom. The van der Waals surface area contributed by atoms with Crippen LogP contribution >= 0.6 is 19.4 Å². The van der Waals surface area contributed by atoms with Gasteiger partial charge in [0.25, 0.3) is 5.56 Å². The average molecular weight is 542 g/mol. The van der Waals surface area contributed by atoms with E-state index in [4.69, 9.17) is 39.4 Å². The number of rotatable bonds is 6. The molecule has 5 rings (SSSR count). The van der Waals surface area contributed by atoms with Crippen molar-refractivity contribution in [3.63, 3.8) is 0 Å². The largest absolute Gasteiger partial charge is 0.509 e. The molecule has 36 heavy (non-hydrogen) atoms. The molecule has 0 amide bonds.